The number of nitrogens with zero attached hydrogens (tertiary/aromatic N) is 3. The molecule has 2 amide bonds. The van der Waals surface area contributed by atoms with Crippen molar-refractivity contribution < 1.29 is 18.4 Å². The van der Waals surface area contributed by atoms with Crippen LogP contribution in [-0.4, -0.2) is 47.2 Å². The lowest BCUT2D eigenvalue weighted by Crippen LogP contribution is -2.49. The molecule has 7 nitrogen and oxygen atoms in total. The Balaban J connectivity index is 1.15. The number of halogens is 2. The molecule has 1 fully saturated rings. The monoisotopic (exact) mass is 480 g/mol. The second-order valence-electron chi connectivity index (χ2n) is 8.05. The number of nitrogens with one attached hydrogen (secondary N) is 1. The van der Waals surface area contributed by atoms with Crippen LogP contribution in [0.2, 0.25) is 5.02 Å². The van der Waals surface area contributed by atoms with E-state index >= 15 is 0 Å². The molecule has 0 bridgehead atoms. The first-order valence-corrected chi connectivity index (χ1v) is 11.3. The van der Waals surface area contributed by atoms with Crippen LogP contribution in [-0.2, 0) is 6.54 Å². The maximum atomic E-state index is 13.7. The van der Waals surface area contributed by atoms with E-state index in [4.69, 9.17) is 20.9 Å². The normalized spacial score (nSPS) is 14.4. The summed E-state index contributed by atoms with van der Waals surface area (Å²) in [4.78, 5) is 16.7. The molecule has 1 aliphatic rings. The van der Waals surface area contributed by atoms with Crippen molar-refractivity contribution in [2.75, 3.05) is 31.5 Å². The smallest absolute Gasteiger partial charge is 0.323 e. The SMILES string of the molecule is O=C(Nc1noc2ccccc12)N1CCN(Cc2cccc(Oc3ccc(Cl)c(F)c3)c2)CC1. The number of piperazine rings is 1. The van der Waals surface area contributed by atoms with Crippen LogP contribution in [0.25, 0.3) is 11.0 Å². The molecule has 0 atom stereocenters. The van der Waals surface area contributed by atoms with Gasteiger partial charge < -0.3 is 14.2 Å². The number of ether oxygens (including phenoxy) is 1. The summed E-state index contributed by atoms with van der Waals surface area (Å²) in [6, 6.07) is 19.3. The number of anilines is 1. The third kappa shape index (κ3) is 4.98. The fraction of sp³-hybridized carbons (Fsp3) is 0.200. The van der Waals surface area contributed by atoms with Crippen molar-refractivity contribution in [3.8, 4) is 11.5 Å². The zero-order chi connectivity index (χ0) is 23.5. The van der Waals surface area contributed by atoms with E-state index in [0.717, 1.165) is 30.6 Å². The Kier molecular flexibility index (Phi) is 6.33. The molecular weight excluding hydrogens is 459 g/mol. The fourth-order valence-electron chi connectivity index (χ4n) is 3.91. The van der Waals surface area contributed by atoms with Gasteiger partial charge in [-0.3, -0.25) is 10.2 Å². The van der Waals surface area contributed by atoms with Gasteiger partial charge in [0.2, 0.25) is 0 Å². The number of aromatic nitrogens is 1. The highest BCUT2D eigenvalue weighted by Crippen LogP contribution is 2.27. The van der Waals surface area contributed by atoms with Gasteiger partial charge in [-0.1, -0.05) is 41.0 Å². The fourth-order valence-corrected chi connectivity index (χ4v) is 4.02. The summed E-state index contributed by atoms with van der Waals surface area (Å²) in [5.74, 6) is 0.921. The van der Waals surface area contributed by atoms with Crippen molar-refractivity contribution in [3.05, 3.63) is 83.1 Å². The minimum absolute atomic E-state index is 0.0586. The summed E-state index contributed by atoms with van der Waals surface area (Å²) in [6.07, 6.45) is 0. The van der Waals surface area contributed by atoms with Gasteiger partial charge in [0.1, 0.15) is 17.3 Å². The molecular formula is C25H22ClFN4O3. The van der Waals surface area contributed by atoms with Gasteiger partial charge in [-0.15, -0.1) is 0 Å². The number of carbonyl (C=O) groups excluding carboxylic acids is 1. The number of para-hydroxylation sites is 1. The number of urea groups is 1. The third-order valence-electron chi connectivity index (χ3n) is 5.69. The highest BCUT2D eigenvalue weighted by atomic mass is 35.5. The predicted molar refractivity (Wildman–Crippen MR) is 128 cm³/mol. The molecule has 0 saturated carbocycles. The first-order chi connectivity index (χ1) is 16.5. The topological polar surface area (TPSA) is 70.8 Å². The van der Waals surface area contributed by atoms with Crippen LogP contribution >= 0.6 is 11.6 Å². The Labute approximate surface area is 200 Å². The molecule has 3 aromatic carbocycles. The summed E-state index contributed by atoms with van der Waals surface area (Å²) >= 11 is 5.73. The molecule has 1 N–H and O–H groups in total. The lowest BCUT2D eigenvalue weighted by Gasteiger charge is -2.34. The predicted octanol–water partition coefficient (Wildman–Crippen LogP) is 5.76. The van der Waals surface area contributed by atoms with Crippen LogP contribution in [0.1, 0.15) is 5.56 Å². The van der Waals surface area contributed by atoms with Gasteiger partial charge in [0, 0.05) is 38.8 Å². The molecule has 174 valence electrons. The summed E-state index contributed by atoms with van der Waals surface area (Å²) in [6.45, 7) is 3.39. The Bertz CT molecular complexity index is 1320. The number of fused-ring (bicyclic) bond motifs is 1. The number of benzene rings is 3. The molecule has 34 heavy (non-hydrogen) atoms. The van der Waals surface area contributed by atoms with E-state index < -0.39 is 5.82 Å². The minimum Gasteiger partial charge on any atom is -0.457 e. The van der Waals surface area contributed by atoms with E-state index in [9.17, 15) is 9.18 Å². The van der Waals surface area contributed by atoms with Crippen LogP contribution in [0.3, 0.4) is 0 Å². The van der Waals surface area contributed by atoms with Crippen molar-refractivity contribution >= 4 is 34.4 Å². The number of hydrogen-bond acceptors (Lipinski definition) is 5. The van der Waals surface area contributed by atoms with E-state index in [1.54, 1.807) is 11.0 Å². The van der Waals surface area contributed by atoms with E-state index in [2.05, 4.69) is 15.4 Å². The highest BCUT2D eigenvalue weighted by Gasteiger charge is 2.22. The molecule has 1 aliphatic heterocycles. The molecule has 0 radical (unpaired) electrons. The number of hydrogen-bond donors (Lipinski definition) is 1. The quantitative estimate of drug-likeness (QED) is 0.393. The van der Waals surface area contributed by atoms with Gasteiger partial charge in [-0.2, -0.15) is 0 Å². The molecule has 1 aromatic heterocycles. The van der Waals surface area contributed by atoms with E-state index in [1.807, 2.05) is 48.5 Å². The molecule has 0 unspecified atom stereocenters. The Hall–Kier alpha value is -3.62. The van der Waals surface area contributed by atoms with Crippen molar-refractivity contribution in [1.82, 2.24) is 15.0 Å². The second-order valence-corrected chi connectivity index (χ2v) is 8.45. The van der Waals surface area contributed by atoms with Gasteiger partial charge >= 0.3 is 6.03 Å². The van der Waals surface area contributed by atoms with Gasteiger partial charge in [-0.05, 0) is 42.0 Å². The van der Waals surface area contributed by atoms with Crippen LogP contribution in [0.4, 0.5) is 15.0 Å². The summed E-state index contributed by atoms with van der Waals surface area (Å²) in [7, 11) is 0. The lowest BCUT2D eigenvalue weighted by molar-refractivity contribution is 0.143. The third-order valence-corrected chi connectivity index (χ3v) is 6.00. The van der Waals surface area contributed by atoms with Gasteiger partial charge in [0.25, 0.3) is 0 Å². The summed E-state index contributed by atoms with van der Waals surface area (Å²) < 4.78 is 24.7. The average molecular weight is 481 g/mol. The van der Waals surface area contributed by atoms with Crippen molar-refractivity contribution in [3.63, 3.8) is 0 Å². The number of rotatable bonds is 5. The Morgan fingerprint density at radius 3 is 2.65 bits per heavy atom. The number of carbonyl (C=O) groups is 1. The van der Waals surface area contributed by atoms with Crippen LogP contribution in [0.5, 0.6) is 11.5 Å². The molecule has 9 heteroatoms. The van der Waals surface area contributed by atoms with Gasteiger partial charge in [-0.25, -0.2) is 9.18 Å². The van der Waals surface area contributed by atoms with E-state index in [0.29, 0.717) is 36.0 Å². The largest absolute Gasteiger partial charge is 0.457 e. The van der Waals surface area contributed by atoms with Gasteiger partial charge in [0.15, 0.2) is 11.4 Å². The zero-order valence-corrected chi connectivity index (χ0v) is 19.0. The number of amides is 2. The first kappa shape index (κ1) is 22.2. The Morgan fingerprint density at radius 2 is 1.82 bits per heavy atom. The zero-order valence-electron chi connectivity index (χ0n) is 18.2. The standard InChI is InChI=1S/C25H22ClFN4O3/c26-21-9-8-19(15-22(21)27)33-18-5-3-4-17(14-18)16-30-10-12-31(13-11-30)25(32)28-24-20-6-1-2-7-23(20)34-29-24/h1-9,14-15H,10-13,16H2,(H,28,29,32). The summed E-state index contributed by atoms with van der Waals surface area (Å²) in [5, 5.41) is 7.65. The summed E-state index contributed by atoms with van der Waals surface area (Å²) in [5.41, 5.74) is 1.70. The average Bonchev–Trinajstić information content (AvgIpc) is 3.25. The second kappa shape index (κ2) is 9.70. The van der Waals surface area contributed by atoms with E-state index in [1.165, 1.54) is 12.1 Å². The van der Waals surface area contributed by atoms with E-state index in [-0.39, 0.29) is 11.1 Å². The molecule has 1 saturated heterocycles. The molecule has 5 rings (SSSR count). The molecule has 2 heterocycles. The van der Waals surface area contributed by atoms with Gasteiger partial charge in [0.05, 0.1) is 10.4 Å². The highest BCUT2D eigenvalue weighted by molar-refractivity contribution is 6.30. The molecule has 0 spiro atoms. The van der Waals surface area contributed by atoms with Crippen molar-refractivity contribution in [2.24, 2.45) is 0 Å². The van der Waals surface area contributed by atoms with Crippen LogP contribution < -0.4 is 10.1 Å². The minimum atomic E-state index is -0.519. The van der Waals surface area contributed by atoms with Crippen LogP contribution in [0.15, 0.2) is 71.3 Å². The first-order valence-electron chi connectivity index (χ1n) is 10.9. The molecule has 4 aromatic rings. The van der Waals surface area contributed by atoms with Crippen molar-refractivity contribution in [2.45, 2.75) is 6.54 Å². The Morgan fingerprint density at radius 1 is 1.03 bits per heavy atom. The van der Waals surface area contributed by atoms with Crippen molar-refractivity contribution in [1.29, 1.82) is 0 Å². The maximum absolute atomic E-state index is 13.7. The van der Waals surface area contributed by atoms with Crippen LogP contribution in [0, 0.1) is 5.82 Å². The molecule has 0 aliphatic carbocycles. The lowest BCUT2D eigenvalue weighted by atomic mass is 10.2. The maximum Gasteiger partial charge on any atom is 0.323 e.